The molecule has 0 bridgehead atoms. The fourth-order valence-electron chi connectivity index (χ4n) is 1.54. The Hall–Kier alpha value is -0.170. The molecule has 0 unspecified atom stereocenters. The Morgan fingerprint density at radius 3 is 2.24 bits per heavy atom. The van der Waals surface area contributed by atoms with Crippen molar-refractivity contribution in [3.8, 4) is 0 Å². The summed E-state index contributed by atoms with van der Waals surface area (Å²) in [6.07, 6.45) is 0.661. The Balaban J connectivity index is 3.70. The zero-order valence-corrected chi connectivity index (χ0v) is 12.1. The van der Waals surface area contributed by atoms with Crippen LogP contribution < -0.4 is 10.0 Å². The van der Waals surface area contributed by atoms with E-state index in [1.54, 1.807) is 0 Å². The first-order valence-corrected chi connectivity index (χ1v) is 8.11. The molecule has 104 valence electrons. The average Bonchev–Trinajstić information content (AvgIpc) is 2.30. The van der Waals surface area contributed by atoms with Gasteiger partial charge in [-0.1, -0.05) is 20.8 Å². The molecule has 0 aromatic rings. The maximum absolute atomic E-state index is 11.6. The Labute approximate surface area is 106 Å². The summed E-state index contributed by atoms with van der Waals surface area (Å²) in [6, 6.07) is 0. The topological polar surface area (TPSA) is 61.4 Å². The highest BCUT2D eigenvalue weighted by atomic mass is 32.2. The first-order valence-electron chi connectivity index (χ1n) is 6.46. The lowest BCUT2D eigenvalue weighted by atomic mass is 10.5. The molecule has 0 radical (unpaired) electrons. The molecule has 0 heterocycles. The summed E-state index contributed by atoms with van der Waals surface area (Å²) in [5.74, 6) is 0.207. The van der Waals surface area contributed by atoms with Crippen molar-refractivity contribution < 1.29 is 8.42 Å². The highest BCUT2D eigenvalue weighted by molar-refractivity contribution is 7.89. The van der Waals surface area contributed by atoms with Crippen molar-refractivity contribution in [1.29, 1.82) is 0 Å². The van der Waals surface area contributed by atoms with Crippen LogP contribution in [-0.4, -0.2) is 58.3 Å². The van der Waals surface area contributed by atoms with E-state index in [0.717, 1.165) is 32.7 Å². The lowest BCUT2D eigenvalue weighted by Crippen LogP contribution is -2.36. The third-order valence-electron chi connectivity index (χ3n) is 2.66. The highest BCUT2D eigenvalue weighted by Crippen LogP contribution is 1.90. The van der Waals surface area contributed by atoms with Gasteiger partial charge < -0.3 is 10.2 Å². The molecule has 0 spiro atoms. The van der Waals surface area contributed by atoms with E-state index in [4.69, 9.17) is 0 Å². The Kier molecular flexibility index (Phi) is 9.72. The number of hydrogen-bond donors (Lipinski definition) is 2. The van der Waals surface area contributed by atoms with E-state index >= 15 is 0 Å². The second kappa shape index (κ2) is 9.82. The molecule has 5 nitrogen and oxygen atoms in total. The van der Waals surface area contributed by atoms with Crippen LogP contribution in [-0.2, 0) is 10.0 Å². The van der Waals surface area contributed by atoms with Gasteiger partial charge in [-0.25, -0.2) is 13.1 Å². The SMILES string of the molecule is CCNCCCS(=O)(=O)NCCN(CC)CC. The molecular weight excluding hydrogens is 238 g/mol. The van der Waals surface area contributed by atoms with E-state index in [0.29, 0.717) is 13.0 Å². The van der Waals surface area contributed by atoms with Crippen LogP contribution in [0, 0.1) is 0 Å². The Morgan fingerprint density at radius 2 is 1.71 bits per heavy atom. The predicted octanol–water partition coefficient (Wildman–Crippen LogP) is 0.247. The molecule has 0 aromatic heterocycles. The van der Waals surface area contributed by atoms with Gasteiger partial charge in [0.1, 0.15) is 0 Å². The second-order valence-corrected chi connectivity index (χ2v) is 5.87. The summed E-state index contributed by atoms with van der Waals surface area (Å²) >= 11 is 0. The van der Waals surface area contributed by atoms with Crippen LogP contribution in [0.4, 0.5) is 0 Å². The number of nitrogens with zero attached hydrogens (tertiary/aromatic N) is 1. The van der Waals surface area contributed by atoms with E-state index in [2.05, 4.69) is 28.8 Å². The van der Waals surface area contributed by atoms with Crippen molar-refractivity contribution in [3.63, 3.8) is 0 Å². The van der Waals surface area contributed by atoms with Gasteiger partial charge in [0.25, 0.3) is 0 Å². The van der Waals surface area contributed by atoms with Crippen LogP contribution in [0.5, 0.6) is 0 Å². The maximum Gasteiger partial charge on any atom is 0.211 e. The third-order valence-corrected chi connectivity index (χ3v) is 4.13. The van der Waals surface area contributed by atoms with Gasteiger partial charge in [-0.2, -0.15) is 0 Å². The summed E-state index contributed by atoms with van der Waals surface area (Å²) in [4.78, 5) is 2.20. The van der Waals surface area contributed by atoms with Gasteiger partial charge in [-0.3, -0.25) is 0 Å². The third kappa shape index (κ3) is 9.52. The van der Waals surface area contributed by atoms with Crippen LogP contribution >= 0.6 is 0 Å². The standard InChI is InChI=1S/C11H27N3O2S/c1-4-12-8-7-11-17(15,16)13-9-10-14(5-2)6-3/h12-13H,4-11H2,1-3H3. The molecule has 0 saturated heterocycles. The van der Waals surface area contributed by atoms with Gasteiger partial charge in [0.2, 0.25) is 10.0 Å². The summed E-state index contributed by atoms with van der Waals surface area (Å²) in [5.41, 5.74) is 0. The van der Waals surface area contributed by atoms with E-state index in [-0.39, 0.29) is 5.75 Å². The zero-order valence-electron chi connectivity index (χ0n) is 11.3. The first kappa shape index (κ1) is 16.8. The summed E-state index contributed by atoms with van der Waals surface area (Å²) in [6.45, 7) is 11.0. The fraction of sp³-hybridized carbons (Fsp3) is 1.00. The van der Waals surface area contributed by atoms with Crippen molar-refractivity contribution in [2.45, 2.75) is 27.2 Å². The van der Waals surface area contributed by atoms with Crippen LogP contribution in [0.25, 0.3) is 0 Å². The molecule has 0 fully saturated rings. The van der Waals surface area contributed by atoms with Gasteiger partial charge in [0.05, 0.1) is 5.75 Å². The van der Waals surface area contributed by atoms with Crippen LogP contribution in [0.15, 0.2) is 0 Å². The van der Waals surface area contributed by atoms with Gasteiger partial charge in [-0.15, -0.1) is 0 Å². The molecule has 0 aliphatic carbocycles. The molecular formula is C11H27N3O2S. The fourth-order valence-corrected chi connectivity index (χ4v) is 2.61. The Morgan fingerprint density at radius 1 is 1.06 bits per heavy atom. The number of sulfonamides is 1. The van der Waals surface area contributed by atoms with Gasteiger partial charge in [-0.05, 0) is 32.6 Å². The minimum atomic E-state index is -3.09. The smallest absolute Gasteiger partial charge is 0.211 e. The van der Waals surface area contributed by atoms with Crippen molar-refractivity contribution >= 4 is 10.0 Å². The maximum atomic E-state index is 11.6. The van der Waals surface area contributed by atoms with Crippen LogP contribution in [0.2, 0.25) is 0 Å². The summed E-state index contributed by atoms with van der Waals surface area (Å²) in [5, 5.41) is 3.11. The molecule has 0 saturated carbocycles. The zero-order chi connectivity index (χ0) is 13.1. The van der Waals surface area contributed by atoms with E-state index in [1.165, 1.54) is 0 Å². The van der Waals surface area contributed by atoms with Crippen molar-refractivity contribution in [2.24, 2.45) is 0 Å². The van der Waals surface area contributed by atoms with Crippen molar-refractivity contribution in [3.05, 3.63) is 0 Å². The van der Waals surface area contributed by atoms with Crippen LogP contribution in [0.3, 0.4) is 0 Å². The van der Waals surface area contributed by atoms with Crippen molar-refractivity contribution in [1.82, 2.24) is 14.9 Å². The molecule has 0 aliphatic heterocycles. The van der Waals surface area contributed by atoms with Gasteiger partial charge in [0, 0.05) is 13.1 Å². The molecule has 0 atom stereocenters. The number of nitrogens with one attached hydrogen (secondary N) is 2. The average molecular weight is 265 g/mol. The lowest BCUT2D eigenvalue weighted by Gasteiger charge is -2.17. The van der Waals surface area contributed by atoms with Crippen LogP contribution in [0.1, 0.15) is 27.2 Å². The van der Waals surface area contributed by atoms with E-state index in [1.807, 2.05) is 6.92 Å². The number of rotatable bonds is 11. The lowest BCUT2D eigenvalue weighted by molar-refractivity contribution is 0.309. The largest absolute Gasteiger partial charge is 0.317 e. The molecule has 0 aliphatic rings. The first-order chi connectivity index (χ1) is 8.05. The monoisotopic (exact) mass is 265 g/mol. The van der Waals surface area contributed by atoms with Gasteiger partial charge in [0.15, 0.2) is 0 Å². The molecule has 0 aromatic carbocycles. The highest BCUT2D eigenvalue weighted by Gasteiger charge is 2.09. The van der Waals surface area contributed by atoms with Gasteiger partial charge >= 0.3 is 0 Å². The molecule has 0 amide bonds. The van der Waals surface area contributed by atoms with Crippen molar-refractivity contribution in [2.75, 3.05) is 45.0 Å². The predicted molar refractivity (Wildman–Crippen MR) is 72.7 cm³/mol. The summed E-state index contributed by atoms with van der Waals surface area (Å²) in [7, 11) is -3.09. The van der Waals surface area contributed by atoms with E-state index in [9.17, 15) is 8.42 Å². The minimum absolute atomic E-state index is 0.207. The quantitative estimate of drug-likeness (QED) is 0.526. The summed E-state index contributed by atoms with van der Waals surface area (Å²) < 4.78 is 25.8. The Bertz CT molecular complexity index is 264. The number of hydrogen-bond acceptors (Lipinski definition) is 4. The normalized spacial score (nSPS) is 12.2. The molecule has 17 heavy (non-hydrogen) atoms. The molecule has 6 heteroatoms. The van der Waals surface area contributed by atoms with E-state index < -0.39 is 10.0 Å². The molecule has 2 N–H and O–H groups in total. The molecule has 0 rings (SSSR count). The second-order valence-electron chi connectivity index (χ2n) is 3.95. The minimum Gasteiger partial charge on any atom is -0.317 e. The number of likely N-dealkylation sites (N-methyl/N-ethyl adjacent to an activating group) is 1.